The molecule has 0 aliphatic carbocycles. The molecule has 0 bridgehead atoms. The number of carbonyl (C=O) groups excluding carboxylic acids is 2. The van der Waals surface area contributed by atoms with E-state index in [-0.39, 0.29) is 11.6 Å². The molecule has 5 heteroatoms. The van der Waals surface area contributed by atoms with Gasteiger partial charge in [0.2, 0.25) is 0 Å². The number of esters is 1. The first-order chi connectivity index (χ1) is 13.0. The van der Waals surface area contributed by atoms with E-state index < -0.39 is 5.97 Å². The Bertz CT molecular complexity index is 976. The van der Waals surface area contributed by atoms with Crippen molar-refractivity contribution in [2.45, 2.75) is 0 Å². The number of hydrogen-bond acceptors (Lipinski definition) is 3. The van der Waals surface area contributed by atoms with Gasteiger partial charge in [-0.3, -0.25) is 4.79 Å². The Morgan fingerprint density at radius 2 is 1.41 bits per heavy atom. The molecule has 0 spiro atoms. The summed E-state index contributed by atoms with van der Waals surface area (Å²) in [6, 6.07) is 19.0. The van der Waals surface area contributed by atoms with Gasteiger partial charge in [-0.1, -0.05) is 34.1 Å². The molecular weight excluding hydrogens is 411 g/mol. The maximum absolute atomic E-state index is 12.9. The van der Waals surface area contributed by atoms with Crippen LogP contribution in [0.3, 0.4) is 0 Å². The first-order valence-corrected chi connectivity index (χ1v) is 8.86. The maximum Gasteiger partial charge on any atom is 0.343 e. The Morgan fingerprint density at radius 1 is 0.815 bits per heavy atom. The monoisotopic (exact) mass is 424 g/mol. The van der Waals surface area contributed by atoms with Crippen LogP contribution in [0.4, 0.5) is 4.39 Å². The van der Waals surface area contributed by atoms with Crippen molar-refractivity contribution in [2.75, 3.05) is 0 Å². The second-order valence-electron chi connectivity index (χ2n) is 5.67. The zero-order valence-corrected chi connectivity index (χ0v) is 15.6. The zero-order chi connectivity index (χ0) is 19.2. The first-order valence-electron chi connectivity index (χ1n) is 8.07. The van der Waals surface area contributed by atoms with Gasteiger partial charge in [-0.25, -0.2) is 9.18 Å². The lowest BCUT2D eigenvalue weighted by Gasteiger charge is -2.05. The van der Waals surface area contributed by atoms with Gasteiger partial charge in [-0.15, -0.1) is 0 Å². The van der Waals surface area contributed by atoms with E-state index in [1.54, 1.807) is 66.7 Å². The van der Waals surface area contributed by atoms with Gasteiger partial charge in [0.15, 0.2) is 5.78 Å². The number of ketones is 1. The fourth-order valence-corrected chi connectivity index (χ4v) is 2.55. The summed E-state index contributed by atoms with van der Waals surface area (Å²) in [5.74, 6) is -0.656. The van der Waals surface area contributed by atoms with E-state index in [0.717, 1.165) is 10.0 Å². The van der Waals surface area contributed by atoms with Crippen LogP contribution in [0, 0.1) is 5.82 Å². The predicted octanol–water partition coefficient (Wildman–Crippen LogP) is 5.70. The highest BCUT2D eigenvalue weighted by atomic mass is 79.9. The van der Waals surface area contributed by atoms with Crippen LogP contribution in [0.2, 0.25) is 0 Å². The molecule has 0 N–H and O–H groups in total. The molecule has 0 saturated heterocycles. The van der Waals surface area contributed by atoms with Crippen LogP contribution in [0.1, 0.15) is 26.3 Å². The second-order valence-corrected chi connectivity index (χ2v) is 6.59. The summed E-state index contributed by atoms with van der Waals surface area (Å²) in [5.41, 5.74) is 1.61. The van der Waals surface area contributed by atoms with Crippen molar-refractivity contribution in [1.29, 1.82) is 0 Å². The lowest BCUT2D eigenvalue weighted by Crippen LogP contribution is -2.08. The highest BCUT2D eigenvalue weighted by Crippen LogP contribution is 2.17. The van der Waals surface area contributed by atoms with Gasteiger partial charge in [0.1, 0.15) is 11.6 Å². The Kier molecular flexibility index (Phi) is 5.94. The summed E-state index contributed by atoms with van der Waals surface area (Å²) in [6.45, 7) is 0. The number of ether oxygens (including phenoxy) is 1. The molecular formula is C22H14BrFO3. The molecule has 0 aromatic heterocycles. The van der Waals surface area contributed by atoms with Crippen LogP contribution in [0.25, 0.3) is 6.08 Å². The largest absolute Gasteiger partial charge is 0.423 e. The average Bonchev–Trinajstić information content (AvgIpc) is 2.68. The van der Waals surface area contributed by atoms with E-state index in [4.69, 9.17) is 4.74 Å². The first kappa shape index (κ1) is 18.7. The van der Waals surface area contributed by atoms with Crippen LogP contribution in [0.15, 0.2) is 83.3 Å². The van der Waals surface area contributed by atoms with Gasteiger partial charge in [-0.2, -0.15) is 0 Å². The van der Waals surface area contributed by atoms with Crippen LogP contribution in [-0.4, -0.2) is 11.8 Å². The quantitative estimate of drug-likeness (QED) is 0.228. The van der Waals surface area contributed by atoms with E-state index in [9.17, 15) is 14.0 Å². The summed E-state index contributed by atoms with van der Waals surface area (Å²) in [4.78, 5) is 24.3. The van der Waals surface area contributed by atoms with Crippen LogP contribution < -0.4 is 4.74 Å². The number of benzene rings is 3. The lowest BCUT2D eigenvalue weighted by molar-refractivity contribution is 0.0734. The smallest absolute Gasteiger partial charge is 0.343 e. The van der Waals surface area contributed by atoms with Crippen molar-refractivity contribution in [2.24, 2.45) is 0 Å². The number of hydrogen-bond donors (Lipinski definition) is 0. The molecule has 3 rings (SSSR count). The van der Waals surface area contributed by atoms with Gasteiger partial charge in [0, 0.05) is 10.0 Å². The van der Waals surface area contributed by atoms with Gasteiger partial charge in [0.25, 0.3) is 0 Å². The minimum atomic E-state index is -0.474. The molecule has 0 aliphatic rings. The van der Waals surface area contributed by atoms with Gasteiger partial charge < -0.3 is 4.74 Å². The third-order valence-corrected chi connectivity index (χ3v) is 4.26. The summed E-state index contributed by atoms with van der Waals surface area (Å²) in [7, 11) is 0. The average molecular weight is 425 g/mol. The van der Waals surface area contributed by atoms with Crippen LogP contribution >= 0.6 is 15.9 Å². The lowest BCUT2D eigenvalue weighted by atomic mass is 10.1. The summed E-state index contributed by atoms with van der Waals surface area (Å²) in [5, 5.41) is 0. The van der Waals surface area contributed by atoms with E-state index in [0.29, 0.717) is 16.9 Å². The SMILES string of the molecule is O=C(C=Cc1ccc(F)cc1)c1ccc(OC(=O)c2ccc(Br)cc2)cc1. The van der Waals surface area contributed by atoms with Gasteiger partial charge in [0.05, 0.1) is 5.56 Å². The van der Waals surface area contributed by atoms with Crippen molar-refractivity contribution >= 4 is 33.8 Å². The fourth-order valence-electron chi connectivity index (χ4n) is 2.28. The molecule has 0 amide bonds. The Labute approximate surface area is 164 Å². The van der Waals surface area contributed by atoms with Gasteiger partial charge in [-0.05, 0) is 72.3 Å². The second kappa shape index (κ2) is 8.56. The number of allylic oxidation sites excluding steroid dienone is 1. The highest BCUT2D eigenvalue weighted by Gasteiger charge is 2.09. The maximum atomic E-state index is 12.9. The number of carbonyl (C=O) groups is 2. The van der Waals surface area contributed by atoms with Crippen LogP contribution in [0.5, 0.6) is 5.75 Å². The zero-order valence-electron chi connectivity index (χ0n) is 14.1. The van der Waals surface area contributed by atoms with Crippen molar-refractivity contribution in [3.63, 3.8) is 0 Å². The molecule has 3 aromatic carbocycles. The molecule has 3 nitrogen and oxygen atoms in total. The Morgan fingerprint density at radius 3 is 2.04 bits per heavy atom. The topological polar surface area (TPSA) is 43.4 Å². The molecule has 0 unspecified atom stereocenters. The van der Waals surface area contributed by atoms with Gasteiger partial charge >= 0.3 is 5.97 Å². The van der Waals surface area contributed by atoms with Crippen molar-refractivity contribution in [3.05, 3.63) is 106 Å². The molecule has 0 saturated carbocycles. The minimum absolute atomic E-state index is 0.204. The van der Waals surface area contributed by atoms with Crippen LogP contribution in [-0.2, 0) is 0 Å². The van der Waals surface area contributed by atoms with Crippen molar-refractivity contribution < 1.29 is 18.7 Å². The predicted molar refractivity (Wildman–Crippen MR) is 105 cm³/mol. The van der Waals surface area contributed by atoms with E-state index in [2.05, 4.69) is 15.9 Å². The molecule has 0 atom stereocenters. The summed E-state index contributed by atoms with van der Waals surface area (Å²) in [6.07, 6.45) is 3.03. The fraction of sp³-hybridized carbons (Fsp3) is 0. The molecule has 27 heavy (non-hydrogen) atoms. The number of halogens is 2. The molecule has 0 aliphatic heterocycles. The van der Waals surface area contributed by atoms with E-state index in [1.807, 2.05) is 0 Å². The highest BCUT2D eigenvalue weighted by molar-refractivity contribution is 9.10. The molecule has 0 heterocycles. The normalized spacial score (nSPS) is 10.7. The standard InChI is InChI=1S/C22H14BrFO3/c23-18-8-4-17(5-9-18)22(26)27-20-12-6-16(7-13-20)21(25)14-3-15-1-10-19(24)11-2-15/h1-14H. The molecule has 0 fully saturated rings. The van der Waals surface area contributed by atoms with E-state index >= 15 is 0 Å². The molecule has 0 radical (unpaired) electrons. The Balaban J connectivity index is 1.64. The van der Waals surface area contributed by atoms with Crippen molar-refractivity contribution in [1.82, 2.24) is 0 Å². The molecule has 134 valence electrons. The third-order valence-electron chi connectivity index (χ3n) is 3.73. The van der Waals surface area contributed by atoms with Crippen molar-refractivity contribution in [3.8, 4) is 5.75 Å². The van der Waals surface area contributed by atoms with E-state index in [1.165, 1.54) is 18.2 Å². The summed E-state index contributed by atoms with van der Waals surface area (Å²) >= 11 is 3.31. The minimum Gasteiger partial charge on any atom is -0.423 e. The Hall–Kier alpha value is -3.05. The third kappa shape index (κ3) is 5.21. The molecule has 3 aromatic rings. The summed E-state index contributed by atoms with van der Waals surface area (Å²) < 4.78 is 19.0. The number of rotatable bonds is 5.